The lowest BCUT2D eigenvalue weighted by Crippen LogP contribution is -2.20. The summed E-state index contributed by atoms with van der Waals surface area (Å²) in [5, 5.41) is 1.23. The molecule has 100 valence electrons. The molecule has 1 atom stereocenters. The molecule has 2 rings (SSSR count). The van der Waals surface area contributed by atoms with Crippen molar-refractivity contribution in [2.24, 2.45) is 5.92 Å². The van der Waals surface area contributed by atoms with Gasteiger partial charge in [0.05, 0.1) is 12.5 Å². The molecule has 0 radical (unpaired) electrons. The molecule has 0 aromatic heterocycles. The van der Waals surface area contributed by atoms with Crippen molar-refractivity contribution in [2.45, 2.75) is 13.3 Å². The van der Waals surface area contributed by atoms with Crippen LogP contribution in [0.5, 0.6) is 0 Å². The van der Waals surface area contributed by atoms with Gasteiger partial charge in [-0.25, -0.2) is 0 Å². The zero-order valence-corrected chi connectivity index (χ0v) is 12.0. The maximum Gasteiger partial charge on any atom is 0.313 e. The Kier molecular flexibility index (Phi) is 4.67. The van der Waals surface area contributed by atoms with Crippen LogP contribution in [0.4, 0.5) is 0 Å². The standard InChI is InChI=1S/C15H14Cl2O2/c1-2-19-15(18)12-4-3-5-13(17)14(12)10-6-8-11(16)9-7-10/h3,5-9,12H,2,4H2,1H3. The Morgan fingerprint density at radius 3 is 2.63 bits per heavy atom. The van der Waals surface area contributed by atoms with E-state index in [1.807, 2.05) is 24.3 Å². The summed E-state index contributed by atoms with van der Waals surface area (Å²) in [5.74, 6) is -0.589. The number of esters is 1. The summed E-state index contributed by atoms with van der Waals surface area (Å²) >= 11 is 12.1. The molecule has 0 heterocycles. The van der Waals surface area contributed by atoms with Crippen LogP contribution < -0.4 is 0 Å². The molecule has 0 amide bonds. The van der Waals surface area contributed by atoms with E-state index in [4.69, 9.17) is 27.9 Å². The number of ether oxygens (including phenoxy) is 1. The van der Waals surface area contributed by atoms with Gasteiger partial charge in [0.2, 0.25) is 0 Å². The third-order valence-electron chi connectivity index (χ3n) is 2.97. The first-order valence-corrected chi connectivity index (χ1v) is 6.88. The molecule has 1 unspecified atom stereocenters. The molecule has 0 N–H and O–H groups in total. The van der Waals surface area contributed by atoms with Crippen molar-refractivity contribution >= 4 is 34.7 Å². The zero-order chi connectivity index (χ0) is 13.8. The summed E-state index contributed by atoms with van der Waals surface area (Å²) in [6, 6.07) is 7.31. The highest BCUT2D eigenvalue weighted by molar-refractivity contribution is 6.35. The number of benzene rings is 1. The Morgan fingerprint density at radius 2 is 2.00 bits per heavy atom. The Balaban J connectivity index is 2.39. The molecule has 1 aromatic rings. The molecule has 0 saturated heterocycles. The fourth-order valence-electron chi connectivity index (χ4n) is 2.11. The van der Waals surface area contributed by atoms with Crippen LogP contribution in [0.2, 0.25) is 5.02 Å². The van der Waals surface area contributed by atoms with Crippen LogP contribution in [0.1, 0.15) is 18.9 Å². The highest BCUT2D eigenvalue weighted by atomic mass is 35.5. The highest BCUT2D eigenvalue weighted by Gasteiger charge is 2.28. The maximum absolute atomic E-state index is 12.0. The molecule has 0 fully saturated rings. The Bertz CT molecular complexity index is 530. The van der Waals surface area contributed by atoms with Crippen LogP contribution in [0.15, 0.2) is 41.4 Å². The molecule has 0 aliphatic heterocycles. The van der Waals surface area contributed by atoms with Crippen LogP contribution in [0, 0.1) is 5.92 Å². The minimum atomic E-state index is -0.348. The number of hydrogen-bond donors (Lipinski definition) is 0. The number of halogens is 2. The van der Waals surface area contributed by atoms with Crippen molar-refractivity contribution in [1.82, 2.24) is 0 Å². The predicted octanol–water partition coefficient (Wildman–Crippen LogP) is 4.43. The van der Waals surface area contributed by atoms with Crippen LogP contribution in [0.3, 0.4) is 0 Å². The topological polar surface area (TPSA) is 26.3 Å². The number of rotatable bonds is 3. The van der Waals surface area contributed by atoms with E-state index in [0.717, 1.165) is 11.1 Å². The minimum absolute atomic E-state index is 0.241. The normalized spacial score (nSPS) is 18.6. The quantitative estimate of drug-likeness (QED) is 0.771. The second-order valence-corrected chi connectivity index (χ2v) is 5.05. The summed E-state index contributed by atoms with van der Waals surface area (Å²) in [6.45, 7) is 2.16. The Labute approximate surface area is 122 Å². The summed E-state index contributed by atoms with van der Waals surface area (Å²) in [6.07, 6.45) is 4.32. The monoisotopic (exact) mass is 296 g/mol. The lowest BCUT2D eigenvalue weighted by molar-refractivity contribution is -0.145. The van der Waals surface area contributed by atoms with Crippen molar-refractivity contribution in [3.05, 3.63) is 52.0 Å². The molecule has 0 spiro atoms. The molecular weight excluding hydrogens is 283 g/mol. The molecule has 19 heavy (non-hydrogen) atoms. The molecule has 1 aliphatic carbocycles. The van der Waals surface area contributed by atoms with E-state index in [2.05, 4.69) is 0 Å². The predicted molar refractivity (Wildman–Crippen MR) is 78.1 cm³/mol. The van der Waals surface area contributed by atoms with Gasteiger partial charge in [-0.15, -0.1) is 0 Å². The molecular formula is C15H14Cl2O2. The molecule has 1 aliphatic rings. The largest absolute Gasteiger partial charge is 0.466 e. The third kappa shape index (κ3) is 3.20. The first kappa shape index (κ1) is 14.2. The van der Waals surface area contributed by atoms with Crippen LogP contribution in [-0.4, -0.2) is 12.6 Å². The molecule has 1 aromatic carbocycles. The molecule has 2 nitrogen and oxygen atoms in total. The summed E-state index contributed by atoms with van der Waals surface area (Å²) < 4.78 is 5.11. The van der Waals surface area contributed by atoms with Crippen molar-refractivity contribution < 1.29 is 9.53 Å². The van der Waals surface area contributed by atoms with Crippen molar-refractivity contribution in [1.29, 1.82) is 0 Å². The molecule has 0 saturated carbocycles. The first-order valence-electron chi connectivity index (χ1n) is 6.12. The molecule has 0 bridgehead atoms. The second kappa shape index (κ2) is 6.27. The Morgan fingerprint density at radius 1 is 1.32 bits per heavy atom. The van der Waals surface area contributed by atoms with Crippen LogP contribution in [0.25, 0.3) is 5.57 Å². The van der Waals surface area contributed by atoms with Crippen molar-refractivity contribution in [2.75, 3.05) is 6.61 Å². The smallest absolute Gasteiger partial charge is 0.313 e. The average Bonchev–Trinajstić information content (AvgIpc) is 2.40. The van der Waals surface area contributed by atoms with Gasteiger partial charge in [-0.05, 0) is 42.7 Å². The highest BCUT2D eigenvalue weighted by Crippen LogP contribution is 2.36. The van der Waals surface area contributed by atoms with Crippen LogP contribution >= 0.6 is 23.2 Å². The minimum Gasteiger partial charge on any atom is -0.466 e. The van der Waals surface area contributed by atoms with Crippen molar-refractivity contribution in [3.63, 3.8) is 0 Å². The lowest BCUT2D eigenvalue weighted by Gasteiger charge is -2.22. The second-order valence-electron chi connectivity index (χ2n) is 4.21. The third-order valence-corrected chi connectivity index (χ3v) is 3.55. The van der Waals surface area contributed by atoms with E-state index >= 15 is 0 Å². The van der Waals surface area contributed by atoms with Gasteiger partial charge in [-0.3, -0.25) is 4.79 Å². The first-order chi connectivity index (χ1) is 9.13. The summed E-state index contributed by atoms with van der Waals surface area (Å²) in [4.78, 5) is 12.0. The van der Waals surface area contributed by atoms with E-state index in [1.165, 1.54) is 0 Å². The van der Waals surface area contributed by atoms with Crippen molar-refractivity contribution in [3.8, 4) is 0 Å². The van der Waals surface area contributed by atoms with Gasteiger partial charge in [0, 0.05) is 10.1 Å². The number of hydrogen-bond acceptors (Lipinski definition) is 2. The van der Waals surface area contributed by atoms with E-state index in [9.17, 15) is 4.79 Å². The van der Waals surface area contributed by atoms with E-state index in [-0.39, 0.29) is 11.9 Å². The van der Waals surface area contributed by atoms with E-state index < -0.39 is 0 Å². The fraction of sp³-hybridized carbons (Fsp3) is 0.267. The zero-order valence-electron chi connectivity index (χ0n) is 10.5. The number of carbonyl (C=O) groups excluding carboxylic acids is 1. The number of carbonyl (C=O) groups is 1. The van der Waals surface area contributed by atoms with Crippen LogP contribution in [-0.2, 0) is 9.53 Å². The summed E-state index contributed by atoms with van der Waals surface area (Å²) in [5.41, 5.74) is 1.70. The average molecular weight is 297 g/mol. The fourth-order valence-corrected chi connectivity index (χ4v) is 2.56. The van der Waals surface area contributed by atoms with Gasteiger partial charge in [0.15, 0.2) is 0 Å². The van der Waals surface area contributed by atoms with E-state index in [0.29, 0.717) is 23.1 Å². The van der Waals surface area contributed by atoms with Gasteiger partial charge >= 0.3 is 5.97 Å². The SMILES string of the molecule is CCOC(=O)C1CC=CC(Cl)=C1c1ccc(Cl)cc1. The summed E-state index contributed by atoms with van der Waals surface area (Å²) in [7, 11) is 0. The maximum atomic E-state index is 12.0. The van der Waals surface area contributed by atoms with Gasteiger partial charge in [0.25, 0.3) is 0 Å². The number of allylic oxidation sites excluding steroid dienone is 3. The van der Waals surface area contributed by atoms with E-state index in [1.54, 1.807) is 19.1 Å². The van der Waals surface area contributed by atoms with Gasteiger partial charge in [0.1, 0.15) is 0 Å². The lowest BCUT2D eigenvalue weighted by atomic mass is 9.86. The van der Waals surface area contributed by atoms with Gasteiger partial charge < -0.3 is 4.74 Å². The molecule has 4 heteroatoms. The van der Waals surface area contributed by atoms with Gasteiger partial charge in [-0.2, -0.15) is 0 Å². The van der Waals surface area contributed by atoms with Gasteiger partial charge in [-0.1, -0.05) is 41.4 Å². The Hall–Kier alpha value is -1.25.